The third-order valence-electron chi connectivity index (χ3n) is 5.25. The molecule has 1 N–H and O–H groups in total. The number of nitrogens with zero attached hydrogens (tertiary/aromatic N) is 1. The summed E-state index contributed by atoms with van der Waals surface area (Å²) in [5.74, 6) is -0.0539. The van der Waals surface area contributed by atoms with Gasteiger partial charge in [0.2, 0.25) is 0 Å². The van der Waals surface area contributed by atoms with E-state index < -0.39 is 10.0 Å². The Bertz CT molecular complexity index is 1150. The second-order valence-corrected chi connectivity index (χ2v) is 10.7. The first kappa shape index (κ1) is 20.2. The highest BCUT2D eigenvalue weighted by molar-refractivity contribution is 7.92. The van der Waals surface area contributed by atoms with E-state index in [0.717, 1.165) is 35.8 Å². The number of benzene rings is 2. The highest BCUT2D eigenvalue weighted by Crippen LogP contribution is 2.31. The molecule has 1 aliphatic carbocycles. The van der Waals surface area contributed by atoms with Crippen LogP contribution in [0, 0.1) is 0 Å². The molecule has 0 bridgehead atoms. The van der Waals surface area contributed by atoms with Crippen molar-refractivity contribution in [2.45, 2.75) is 36.6 Å². The van der Waals surface area contributed by atoms with E-state index in [1.165, 1.54) is 34.8 Å². The van der Waals surface area contributed by atoms with Crippen molar-refractivity contribution in [1.29, 1.82) is 0 Å². The van der Waals surface area contributed by atoms with Gasteiger partial charge in [0, 0.05) is 22.8 Å². The van der Waals surface area contributed by atoms with Crippen molar-refractivity contribution in [3.63, 3.8) is 0 Å². The van der Waals surface area contributed by atoms with Crippen LogP contribution in [0.5, 0.6) is 0 Å². The average molecular weight is 449 g/mol. The number of amides is 1. The summed E-state index contributed by atoms with van der Waals surface area (Å²) in [5.41, 5.74) is 0.535. The molecule has 2 aromatic carbocycles. The zero-order chi connectivity index (χ0) is 20.6. The maximum absolute atomic E-state index is 12.9. The number of halogens is 1. The summed E-state index contributed by atoms with van der Waals surface area (Å²) in [6, 6.07) is 13.6. The van der Waals surface area contributed by atoms with Gasteiger partial charge in [-0.1, -0.05) is 24.4 Å². The van der Waals surface area contributed by atoms with E-state index >= 15 is 0 Å². The molecular weight excluding hydrogens is 428 g/mol. The summed E-state index contributed by atoms with van der Waals surface area (Å²) >= 11 is 7.28. The van der Waals surface area contributed by atoms with Gasteiger partial charge in [0.15, 0.2) is 0 Å². The van der Waals surface area contributed by atoms with Crippen molar-refractivity contribution < 1.29 is 13.2 Å². The first-order valence-corrected chi connectivity index (χ1v) is 12.1. The van der Waals surface area contributed by atoms with Crippen LogP contribution >= 0.6 is 22.9 Å². The smallest absolute Gasteiger partial charge is 0.264 e. The molecule has 1 amide bonds. The lowest BCUT2D eigenvalue weighted by Crippen LogP contribution is -2.31. The Morgan fingerprint density at radius 2 is 1.79 bits per heavy atom. The van der Waals surface area contributed by atoms with Crippen molar-refractivity contribution >= 4 is 54.6 Å². The number of rotatable bonds is 5. The number of hydrogen-bond donors (Lipinski definition) is 1. The van der Waals surface area contributed by atoms with E-state index in [1.807, 2.05) is 12.1 Å². The normalized spacial score (nSPS) is 15.0. The average Bonchev–Trinajstić information content (AvgIpc) is 3.36. The first-order valence-electron chi connectivity index (χ1n) is 9.43. The Morgan fingerprint density at radius 1 is 1.10 bits per heavy atom. The lowest BCUT2D eigenvalue weighted by molar-refractivity contribution is 0.0942. The van der Waals surface area contributed by atoms with Gasteiger partial charge >= 0.3 is 0 Å². The Kier molecular flexibility index (Phi) is 5.55. The molecule has 4 rings (SSSR count). The zero-order valence-corrected chi connectivity index (χ0v) is 18.3. The highest BCUT2D eigenvalue weighted by atomic mass is 35.5. The Balaban J connectivity index is 1.59. The molecule has 0 unspecified atom stereocenters. The summed E-state index contributed by atoms with van der Waals surface area (Å²) in [7, 11) is -2.18. The number of sulfonamides is 1. The molecule has 0 atom stereocenters. The van der Waals surface area contributed by atoms with Gasteiger partial charge in [0.05, 0.1) is 15.5 Å². The summed E-state index contributed by atoms with van der Waals surface area (Å²) in [5, 5.41) is 4.43. The number of fused-ring (bicyclic) bond motifs is 1. The van der Waals surface area contributed by atoms with Crippen LogP contribution < -0.4 is 9.62 Å². The molecule has 0 aliphatic heterocycles. The molecule has 0 saturated heterocycles. The molecule has 1 fully saturated rings. The van der Waals surface area contributed by atoms with Crippen LogP contribution in [0.1, 0.15) is 35.4 Å². The van der Waals surface area contributed by atoms with Crippen molar-refractivity contribution in [2.24, 2.45) is 0 Å². The number of nitrogens with one attached hydrogen (secondary N) is 1. The number of carbonyl (C=O) groups is 1. The number of carbonyl (C=O) groups excluding carboxylic acids is 1. The fourth-order valence-corrected chi connectivity index (χ4v) is 5.83. The fraction of sp³-hybridized carbons (Fsp3) is 0.286. The fourth-order valence-electron chi connectivity index (χ4n) is 3.57. The maximum Gasteiger partial charge on any atom is 0.264 e. The van der Waals surface area contributed by atoms with Crippen LogP contribution in [0.2, 0.25) is 5.02 Å². The third-order valence-corrected chi connectivity index (χ3v) is 8.42. The van der Waals surface area contributed by atoms with Gasteiger partial charge in [-0.15, -0.1) is 11.3 Å². The molecule has 1 aliphatic rings. The molecular formula is C21H21ClN2O3S2. The van der Waals surface area contributed by atoms with E-state index in [-0.39, 0.29) is 16.8 Å². The zero-order valence-electron chi connectivity index (χ0n) is 15.9. The molecule has 1 saturated carbocycles. The number of anilines is 1. The van der Waals surface area contributed by atoms with Crippen LogP contribution in [0.3, 0.4) is 0 Å². The summed E-state index contributed by atoms with van der Waals surface area (Å²) in [6.45, 7) is 0. The summed E-state index contributed by atoms with van der Waals surface area (Å²) < 4.78 is 28.0. The van der Waals surface area contributed by atoms with E-state index in [4.69, 9.17) is 11.6 Å². The first-order chi connectivity index (χ1) is 13.8. The van der Waals surface area contributed by atoms with Gasteiger partial charge < -0.3 is 5.32 Å². The standard InChI is InChI=1S/C21H21ClN2O3S2/c1-24(29(26,27)18-9-6-15(22)7-10-18)17-8-11-19-14(12-17)13-20(28-19)21(25)23-16-4-2-3-5-16/h6-13,16H,2-5H2,1H3,(H,23,25). The van der Waals surface area contributed by atoms with Crippen molar-refractivity contribution in [2.75, 3.05) is 11.4 Å². The van der Waals surface area contributed by atoms with E-state index in [2.05, 4.69) is 5.32 Å². The van der Waals surface area contributed by atoms with Crippen molar-refractivity contribution in [3.05, 3.63) is 58.4 Å². The minimum Gasteiger partial charge on any atom is -0.349 e. The molecule has 1 aromatic heterocycles. The lowest BCUT2D eigenvalue weighted by atomic mass is 10.2. The molecule has 29 heavy (non-hydrogen) atoms. The van der Waals surface area contributed by atoms with Crippen LogP contribution in [-0.4, -0.2) is 27.4 Å². The Morgan fingerprint density at radius 3 is 2.48 bits per heavy atom. The van der Waals surface area contributed by atoms with Gasteiger partial charge in [-0.3, -0.25) is 9.10 Å². The largest absolute Gasteiger partial charge is 0.349 e. The summed E-state index contributed by atoms with van der Waals surface area (Å²) in [4.78, 5) is 13.4. The molecule has 152 valence electrons. The van der Waals surface area contributed by atoms with Gasteiger partial charge in [0.25, 0.3) is 15.9 Å². The van der Waals surface area contributed by atoms with E-state index in [0.29, 0.717) is 15.6 Å². The monoisotopic (exact) mass is 448 g/mol. The van der Waals surface area contributed by atoms with Gasteiger partial charge in [-0.25, -0.2) is 8.42 Å². The second-order valence-electron chi connectivity index (χ2n) is 7.21. The minimum absolute atomic E-state index is 0.0539. The van der Waals surface area contributed by atoms with Gasteiger partial charge in [-0.05, 0) is 66.8 Å². The van der Waals surface area contributed by atoms with Crippen LogP contribution in [0.15, 0.2) is 53.4 Å². The molecule has 5 nitrogen and oxygen atoms in total. The molecule has 0 radical (unpaired) electrons. The van der Waals surface area contributed by atoms with Gasteiger partial charge in [0.1, 0.15) is 0 Å². The van der Waals surface area contributed by atoms with Gasteiger partial charge in [-0.2, -0.15) is 0 Å². The van der Waals surface area contributed by atoms with Crippen molar-refractivity contribution in [1.82, 2.24) is 5.32 Å². The van der Waals surface area contributed by atoms with E-state index in [1.54, 1.807) is 24.3 Å². The molecule has 8 heteroatoms. The highest BCUT2D eigenvalue weighted by Gasteiger charge is 2.23. The second kappa shape index (κ2) is 7.97. The van der Waals surface area contributed by atoms with Crippen LogP contribution in [0.25, 0.3) is 10.1 Å². The predicted octanol–water partition coefficient (Wildman–Crippen LogP) is 5.05. The number of hydrogen-bond acceptors (Lipinski definition) is 4. The maximum atomic E-state index is 12.9. The quantitative estimate of drug-likeness (QED) is 0.593. The molecule has 1 heterocycles. The minimum atomic E-state index is -3.70. The Labute approximate surface area is 179 Å². The lowest BCUT2D eigenvalue weighted by Gasteiger charge is -2.19. The van der Waals surface area contributed by atoms with E-state index in [9.17, 15) is 13.2 Å². The SMILES string of the molecule is CN(c1ccc2sc(C(=O)NC3CCCC3)cc2c1)S(=O)(=O)c1ccc(Cl)cc1. The summed E-state index contributed by atoms with van der Waals surface area (Å²) in [6.07, 6.45) is 4.40. The number of thiophene rings is 1. The molecule has 0 spiro atoms. The van der Waals surface area contributed by atoms with Crippen molar-refractivity contribution in [3.8, 4) is 0 Å². The Hall–Kier alpha value is -2.09. The third kappa shape index (κ3) is 4.13. The van der Waals surface area contributed by atoms with Crippen LogP contribution in [-0.2, 0) is 10.0 Å². The molecule has 3 aromatic rings. The topological polar surface area (TPSA) is 66.5 Å². The predicted molar refractivity (Wildman–Crippen MR) is 119 cm³/mol. The van der Waals surface area contributed by atoms with Crippen LogP contribution in [0.4, 0.5) is 5.69 Å².